The predicted molar refractivity (Wildman–Crippen MR) is 99.7 cm³/mol. The largest absolute Gasteiger partial charge is 0.457 e. The van der Waals surface area contributed by atoms with E-state index in [1.54, 1.807) is 30.3 Å². The third kappa shape index (κ3) is 3.77. The lowest BCUT2D eigenvalue weighted by Crippen LogP contribution is -2.10. The third-order valence-electron chi connectivity index (χ3n) is 4.17. The molecule has 0 atom stereocenters. The molecule has 144 valence electrons. The molecule has 4 aromatic rings. The second kappa shape index (κ2) is 7.31. The van der Waals surface area contributed by atoms with E-state index in [-0.39, 0.29) is 11.1 Å². The number of nitrogens with zero attached hydrogens (tertiary/aromatic N) is 3. The molecule has 2 aromatic carbocycles. The van der Waals surface area contributed by atoms with Crippen LogP contribution < -0.4 is 4.74 Å². The van der Waals surface area contributed by atoms with Gasteiger partial charge in [-0.15, -0.1) is 0 Å². The molecule has 0 radical (unpaired) electrons. The number of fused-ring (bicyclic) bond motifs is 1. The maximum atomic E-state index is 12.7. The summed E-state index contributed by atoms with van der Waals surface area (Å²) in [6, 6.07) is 14.2. The number of alkyl halides is 3. The smallest absolute Gasteiger partial charge is 0.451 e. The fourth-order valence-corrected chi connectivity index (χ4v) is 2.89. The van der Waals surface area contributed by atoms with Crippen molar-refractivity contribution in [2.75, 3.05) is 0 Å². The standard InChI is InChI=1S/C21H12F3N3O2/c22-21(23,24)20-26-9-13(10-27-20)19-14(12-28)11-25-18-8-16(6-7-17(18)19)29-15-4-2-1-3-5-15/h1-12H. The Balaban J connectivity index is 1.79. The molecule has 0 spiro atoms. The van der Waals surface area contributed by atoms with E-state index >= 15 is 0 Å². The van der Waals surface area contributed by atoms with Gasteiger partial charge in [-0.2, -0.15) is 13.2 Å². The van der Waals surface area contributed by atoms with Gasteiger partial charge < -0.3 is 4.74 Å². The quantitative estimate of drug-likeness (QED) is 0.438. The van der Waals surface area contributed by atoms with Crippen LogP contribution in [-0.4, -0.2) is 21.2 Å². The average molecular weight is 395 g/mol. The van der Waals surface area contributed by atoms with E-state index in [9.17, 15) is 18.0 Å². The van der Waals surface area contributed by atoms with Crippen molar-refractivity contribution in [2.45, 2.75) is 6.18 Å². The number of halogens is 3. The molecule has 0 saturated heterocycles. The summed E-state index contributed by atoms with van der Waals surface area (Å²) in [6.07, 6.45) is -0.601. The lowest BCUT2D eigenvalue weighted by molar-refractivity contribution is -0.144. The molecule has 4 rings (SSSR count). The molecule has 0 N–H and O–H groups in total. The van der Waals surface area contributed by atoms with E-state index in [1.165, 1.54) is 6.20 Å². The predicted octanol–water partition coefficient (Wildman–Crippen LogP) is 5.32. The Morgan fingerprint density at radius 2 is 1.59 bits per heavy atom. The normalized spacial score (nSPS) is 11.4. The molecule has 8 heteroatoms. The zero-order valence-electron chi connectivity index (χ0n) is 14.7. The molecule has 0 amide bonds. The number of carbonyl (C=O) groups is 1. The zero-order valence-corrected chi connectivity index (χ0v) is 14.7. The molecule has 2 heterocycles. The first-order valence-electron chi connectivity index (χ1n) is 8.46. The average Bonchev–Trinajstić information content (AvgIpc) is 2.73. The van der Waals surface area contributed by atoms with E-state index in [0.717, 1.165) is 12.4 Å². The summed E-state index contributed by atoms with van der Waals surface area (Å²) >= 11 is 0. The Morgan fingerprint density at radius 3 is 2.24 bits per heavy atom. The van der Waals surface area contributed by atoms with Crippen LogP contribution in [0.25, 0.3) is 22.0 Å². The van der Waals surface area contributed by atoms with Gasteiger partial charge in [-0.25, -0.2) is 9.97 Å². The number of aromatic nitrogens is 3. The van der Waals surface area contributed by atoms with Crippen molar-refractivity contribution in [3.8, 4) is 22.6 Å². The van der Waals surface area contributed by atoms with E-state index in [2.05, 4.69) is 15.0 Å². The number of carbonyl (C=O) groups excluding carboxylic acids is 1. The minimum absolute atomic E-state index is 0.220. The first-order valence-corrected chi connectivity index (χ1v) is 8.46. The molecule has 5 nitrogen and oxygen atoms in total. The first kappa shape index (κ1) is 18.5. The highest BCUT2D eigenvalue weighted by Gasteiger charge is 2.34. The van der Waals surface area contributed by atoms with Crippen LogP contribution in [-0.2, 0) is 6.18 Å². The van der Waals surface area contributed by atoms with Crippen LogP contribution >= 0.6 is 0 Å². The molecule has 29 heavy (non-hydrogen) atoms. The van der Waals surface area contributed by atoms with Crippen LogP contribution in [0.5, 0.6) is 11.5 Å². The lowest BCUT2D eigenvalue weighted by atomic mass is 9.99. The van der Waals surface area contributed by atoms with Crippen LogP contribution in [0.3, 0.4) is 0 Å². The summed E-state index contributed by atoms with van der Waals surface area (Å²) in [5, 5.41) is 0.568. The Hall–Kier alpha value is -3.81. The Labute approximate surface area is 162 Å². The summed E-state index contributed by atoms with van der Waals surface area (Å²) in [6.45, 7) is 0. The Bertz CT molecular complexity index is 1180. The molecule has 0 bridgehead atoms. The molecular weight excluding hydrogens is 383 g/mol. The zero-order chi connectivity index (χ0) is 20.4. The monoisotopic (exact) mass is 395 g/mol. The number of rotatable bonds is 4. The fourth-order valence-electron chi connectivity index (χ4n) is 2.89. The summed E-state index contributed by atoms with van der Waals surface area (Å²) in [4.78, 5) is 22.5. The molecule has 0 aliphatic carbocycles. The molecule has 0 unspecified atom stereocenters. The molecule has 0 aliphatic heterocycles. The van der Waals surface area contributed by atoms with E-state index in [0.29, 0.717) is 34.3 Å². The van der Waals surface area contributed by atoms with Crippen LogP contribution in [0.15, 0.2) is 67.1 Å². The van der Waals surface area contributed by atoms with Gasteiger partial charge in [0.25, 0.3) is 0 Å². The number of para-hydroxylation sites is 1. The minimum atomic E-state index is -4.64. The van der Waals surface area contributed by atoms with Crippen molar-refractivity contribution in [3.05, 3.63) is 78.5 Å². The summed E-state index contributed by atoms with van der Waals surface area (Å²) < 4.78 is 44.0. The van der Waals surface area contributed by atoms with E-state index in [4.69, 9.17) is 4.74 Å². The number of aldehydes is 1. The first-order chi connectivity index (χ1) is 14.0. The minimum Gasteiger partial charge on any atom is -0.457 e. The van der Waals surface area contributed by atoms with Gasteiger partial charge in [0.1, 0.15) is 11.5 Å². The summed E-state index contributed by atoms with van der Waals surface area (Å²) in [5.74, 6) is -0.0665. The van der Waals surface area contributed by atoms with Gasteiger partial charge in [-0.3, -0.25) is 9.78 Å². The number of hydrogen-bond acceptors (Lipinski definition) is 5. The van der Waals surface area contributed by atoms with Crippen molar-refractivity contribution < 1.29 is 22.7 Å². The third-order valence-corrected chi connectivity index (χ3v) is 4.17. The lowest BCUT2D eigenvalue weighted by Gasteiger charge is -2.12. The van der Waals surface area contributed by atoms with E-state index < -0.39 is 12.0 Å². The molecule has 0 saturated carbocycles. The maximum absolute atomic E-state index is 12.7. The van der Waals surface area contributed by atoms with Crippen molar-refractivity contribution in [1.82, 2.24) is 15.0 Å². The molecule has 2 aromatic heterocycles. The van der Waals surface area contributed by atoms with Crippen LogP contribution in [0, 0.1) is 0 Å². The van der Waals surface area contributed by atoms with Gasteiger partial charge >= 0.3 is 6.18 Å². The van der Waals surface area contributed by atoms with Crippen molar-refractivity contribution in [2.24, 2.45) is 0 Å². The Morgan fingerprint density at radius 1 is 0.862 bits per heavy atom. The number of hydrogen-bond donors (Lipinski definition) is 0. The second-order valence-electron chi connectivity index (χ2n) is 6.09. The van der Waals surface area contributed by atoms with Crippen LogP contribution in [0.4, 0.5) is 13.2 Å². The Kier molecular flexibility index (Phi) is 4.67. The number of ether oxygens (including phenoxy) is 1. The topological polar surface area (TPSA) is 65.0 Å². The van der Waals surface area contributed by atoms with Crippen LogP contribution in [0.2, 0.25) is 0 Å². The molecular formula is C21H12F3N3O2. The van der Waals surface area contributed by atoms with Crippen LogP contribution in [0.1, 0.15) is 16.2 Å². The van der Waals surface area contributed by atoms with Crippen molar-refractivity contribution in [3.63, 3.8) is 0 Å². The molecule has 0 fully saturated rings. The van der Waals surface area contributed by atoms with Crippen molar-refractivity contribution in [1.29, 1.82) is 0 Å². The number of benzene rings is 2. The van der Waals surface area contributed by atoms with E-state index in [1.807, 2.05) is 18.2 Å². The van der Waals surface area contributed by atoms with Gasteiger partial charge in [0, 0.05) is 46.7 Å². The second-order valence-corrected chi connectivity index (χ2v) is 6.09. The summed E-state index contributed by atoms with van der Waals surface area (Å²) in [7, 11) is 0. The summed E-state index contributed by atoms with van der Waals surface area (Å²) in [5.41, 5.74) is 1.42. The SMILES string of the molecule is O=Cc1cnc2cc(Oc3ccccc3)ccc2c1-c1cnc(C(F)(F)F)nc1. The van der Waals surface area contributed by atoms with Gasteiger partial charge in [-0.1, -0.05) is 18.2 Å². The van der Waals surface area contributed by atoms with Gasteiger partial charge in [-0.05, 0) is 24.3 Å². The highest BCUT2D eigenvalue weighted by molar-refractivity contribution is 6.02. The maximum Gasteiger partial charge on any atom is 0.451 e. The fraction of sp³-hybridized carbons (Fsp3) is 0.0476. The van der Waals surface area contributed by atoms with Gasteiger partial charge in [0.2, 0.25) is 5.82 Å². The van der Waals surface area contributed by atoms with Gasteiger partial charge in [0.05, 0.1) is 5.52 Å². The highest BCUT2D eigenvalue weighted by Crippen LogP contribution is 2.34. The molecule has 0 aliphatic rings. The van der Waals surface area contributed by atoms with Gasteiger partial charge in [0.15, 0.2) is 6.29 Å². The number of pyridine rings is 1. The van der Waals surface area contributed by atoms with Crippen molar-refractivity contribution >= 4 is 17.2 Å². The highest BCUT2D eigenvalue weighted by atomic mass is 19.4.